The summed E-state index contributed by atoms with van der Waals surface area (Å²) in [6.07, 6.45) is 4.83. The molecule has 0 aliphatic carbocycles. The standard InChI is InChI=1S/C23H27FN4O4/c1-3-26-18-7-5-4-6-10-27(18)28-13-17(20(29)21(30)19(28)23(26)32)22(31)25-12-15-8-9-16(24)11-14(15)2/h8-9,11,13,18,30H,3-7,10,12H2,1-2H3,(H,25,31)/t18-/m0/s1. The van der Waals surface area contributed by atoms with Crippen LogP contribution in [0.2, 0.25) is 0 Å². The Morgan fingerprint density at radius 3 is 2.75 bits per heavy atom. The number of benzene rings is 1. The van der Waals surface area contributed by atoms with Gasteiger partial charge < -0.3 is 15.3 Å². The van der Waals surface area contributed by atoms with Crippen molar-refractivity contribution in [3.63, 3.8) is 0 Å². The molecular weight excluding hydrogens is 415 g/mol. The summed E-state index contributed by atoms with van der Waals surface area (Å²) in [6, 6.07) is 4.24. The van der Waals surface area contributed by atoms with Gasteiger partial charge in [0.2, 0.25) is 5.43 Å². The Morgan fingerprint density at radius 1 is 1.25 bits per heavy atom. The molecule has 2 amide bonds. The highest BCUT2D eigenvalue weighted by Crippen LogP contribution is 2.29. The zero-order chi connectivity index (χ0) is 23.0. The van der Waals surface area contributed by atoms with Crippen LogP contribution < -0.4 is 15.8 Å². The van der Waals surface area contributed by atoms with Crippen LogP contribution in [0.5, 0.6) is 5.75 Å². The van der Waals surface area contributed by atoms with E-state index >= 15 is 0 Å². The highest BCUT2D eigenvalue weighted by Gasteiger charge is 2.40. The van der Waals surface area contributed by atoms with Gasteiger partial charge in [-0.05, 0) is 56.4 Å². The van der Waals surface area contributed by atoms with E-state index in [4.69, 9.17) is 0 Å². The minimum Gasteiger partial charge on any atom is -0.502 e. The van der Waals surface area contributed by atoms with Gasteiger partial charge in [-0.3, -0.25) is 24.1 Å². The monoisotopic (exact) mass is 442 g/mol. The number of rotatable bonds is 4. The lowest BCUT2D eigenvalue weighted by Crippen LogP contribution is -2.61. The molecule has 2 aliphatic rings. The van der Waals surface area contributed by atoms with Crippen molar-refractivity contribution in [1.82, 2.24) is 14.9 Å². The van der Waals surface area contributed by atoms with Crippen molar-refractivity contribution < 1.29 is 19.1 Å². The molecule has 8 nitrogen and oxygen atoms in total. The van der Waals surface area contributed by atoms with Gasteiger partial charge in [-0.1, -0.05) is 12.5 Å². The van der Waals surface area contributed by atoms with Crippen LogP contribution in [0.1, 0.15) is 64.6 Å². The third-order valence-corrected chi connectivity index (χ3v) is 6.29. The summed E-state index contributed by atoms with van der Waals surface area (Å²) in [4.78, 5) is 40.4. The second-order valence-electron chi connectivity index (χ2n) is 8.25. The van der Waals surface area contributed by atoms with Crippen LogP contribution in [0.4, 0.5) is 4.39 Å². The van der Waals surface area contributed by atoms with Crippen molar-refractivity contribution in [2.45, 2.75) is 52.2 Å². The molecule has 1 aromatic carbocycles. The zero-order valence-corrected chi connectivity index (χ0v) is 18.2. The Balaban J connectivity index is 1.70. The number of aryl methyl sites for hydroxylation is 1. The highest BCUT2D eigenvalue weighted by atomic mass is 19.1. The molecule has 1 saturated heterocycles. The number of hydrogen-bond acceptors (Lipinski definition) is 5. The minimum atomic E-state index is -0.887. The first-order chi connectivity index (χ1) is 15.3. The first kappa shape index (κ1) is 21.9. The van der Waals surface area contributed by atoms with Crippen LogP contribution in [-0.4, -0.2) is 45.8 Å². The molecule has 0 unspecified atom stereocenters. The van der Waals surface area contributed by atoms with Crippen molar-refractivity contribution in [2.24, 2.45) is 0 Å². The number of fused-ring (bicyclic) bond motifs is 3. The maximum Gasteiger partial charge on any atom is 0.278 e. The normalized spacial score (nSPS) is 18.1. The molecule has 3 heterocycles. The number of aromatic hydroxyl groups is 1. The Morgan fingerprint density at radius 2 is 2.03 bits per heavy atom. The van der Waals surface area contributed by atoms with Gasteiger partial charge in [0.1, 0.15) is 17.5 Å². The largest absolute Gasteiger partial charge is 0.502 e. The summed E-state index contributed by atoms with van der Waals surface area (Å²) >= 11 is 0. The van der Waals surface area contributed by atoms with Crippen LogP contribution in [0.15, 0.2) is 29.2 Å². The third-order valence-electron chi connectivity index (χ3n) is 6.29. The van der Waals surface area contributed by atoms with E-state index < -0.39 is 23.0 Å². The summed E-state index contributed by atoms with van der Waals surface area (Å²) in [6.45, 7) is 4.79. The lowest BCUT2D eigenvalue weighted by Gasteiger charge is -2.45. The van der Waals surface area contributed by atoms with E-state index in [0.29, 0.717) is 24.2 Å². The minimum absolute atomic E-state index is 0.0990. The number of nitrogens with one attached hydrogen (secondary N) is 1. The molecule has 0 saturated carbocycles. The smallest absolute Gasteiger partial charge is 0.278 e. The molecule has 2 aliphatic heterocycles. The molecular formula is C23H27FN4O4. The van der Waals surface area contributed by atoms with E-state index in [1.807, 2.05) is 11.9 Å². The maximum absolute atomic E-state index is 13.3. The summed E-state index contributed by atoms with van der Waals surface area (Å²) in [5.41, 5.74) is 0.145. The van der Waals surface area contributed by atoms with Crippen molar-refractivity contribution in [3.8, 4) is 5.75 Å². The fourth-order valence-electron chi connectivity index (χ4n) is 4.55. The van der Waals surface area contributed by atoms with E-state index in [-0.39, 0.29) is 29.8 Å². The van der Waals surface area contributed by atoms with E-state index in [1.54, 1.807) is 17.9 Å². The number of aromatic nitrogens is 1. The van der Waals surface area contributed by atoms with Crippen LogP contribution in [0.25, 0.3) is 0 Å². The lowest BCUT2D eigenvalue weighted by atomic mass is 10.1. The van der Waals surface area contributed by atoms with Crippen molar-refractivity contribution >= 4 is 11.8 Å². The van der Waals surface area contributed by atoms with Gasteiger partial charge in [0.15, 0.2) is 11.4 Å². The molecule has 4 rings (SSSR count). The van der Waals surface area contributed by atoms with Gasteiger partial charge in [0.05, 0.1) is 0 Å². The van der Waals surface area contributed by atoms with Crippen molar-refractivity contribution in [2.75, 3.05) is 18.1 Å². The second-order valence-corrected chi connectivity index (χ2v) is 8.25. The van der Waals surface area contributed by atoms with E-state index in [0.717, 1.165) is 25.7 Å². The molecule has 32 heavy (non-hydrogen) atoms. The van der Waals surface area contributed by atoms with E-state index in [1.165, 1.54) is 23.0 Å². The molecule has 0 bridgehead atoms. The van der Waals surface area contributed by atoms with Gasteiger partial charge in [-0.25, -0.2) is 4.39 Å². The van der Waals surface area contributed by atoms with Gasteiger partial charge in [0, 0.05) is 25.8 Å². The molecule has 0 spiro atoms. The summed E-state index contributed by atoms with van der Waals surface area (Å²) < 4.78 is 14.8. The fraction of sp³-hybridized carbons (Fsp3) is 0.435. The number of amides is 2. The summed E-state index contributed by atoms with van der Waals surface area (Å²) in [7, 11) is 0. The average Bonchev–Trinajstić information content (AvgIpc) is 3.01. The summed E-state index contributed by atoms with van der Waals surface area (Å²) in [5.74, 6) is -2.17. The number of carbonyl (C=O) groups is 2. The van der Waals surface area contributed by atoms with E-state index in [2.05, 4.69) is 5.32 Å². The molecule has 1 fully saturated rings. The number of halogens is 1. The Bertz CT molecular complexity index is 1130. The Hall–Kier alpha value is -3.36. The fourth-order valence-corrected chi connectivity index (χ4v) is 4.55. The van der Waals surface area contributed by atoms with Crippen molar-refractivity contribution in [3.05, 3.63) is 62.8 Å². The molecule has 1 aromatic heterocycles. The molecule has 1 atom stereocenters. The van der Waals surface area contributed by atoms with E-state index in [9.17, 15) is 23.9 Å². The van der Waals surface area contributed by atoms with Gasteiger partial charge in [-0.15, -0.1) is 0 Å². The van der Waals surface area contributed by atoms with Crippen LogP contribution in [0, 0.1) is 12.7 Å². The van der Waals surface area contributed by atoms with Crippen LogP contribution >= 0.6 is 0 Å². The Labute approximate surface area is 185 Å². The number of nitrogens with zero attached hydrogens (tertiary/aromatic N) is 3. The number of pyridine rings is 1. The molecule has 9 heteroatoms. The second kappa shape index (κ2) is 8.64. The average molecular weight is 442 g/mol. The molecule has 170 valence electrons. The molecule has 2 aromatic rings. The highest BCUT2D eigenvalue weighted by molar-refractivity contribution is 5.99. The predicted octanol–water partition coefficient (Wildman–Crippen LogP) is 2.25. The van der Waals surface area contributed by atoms with Crippen LogP contribution in [0.3, 0.4) is 0 Å². The van der Waals surface area contributed by atoms with Gasteiger partial charge in [0.25, 0.3) is 11.8 Å². The molecule has 2 N–H and O–H groups in total. The number of hydrogen-bond donors (Lipinski definition) is 2. The van der Waals surface area contributed by atoms with Gasteiger partial charge in [-0.2, -0.15) is 0 Å². The predicted molar refractivity (Wildman–Crippen MR) is 117 cm³/mol. The first-order valence-electron chi connectivity index (χ1n) is 10.9. The quantitative estimate of drug-likeness (QED) is 0.757. The summed E-state index contributed by atoms with van der Waals surface area (Å²) in [5, 5.41) is 15.3. The number of carbonyl (C=O) groups excluding carboxylic acids is 2. The topological polar surface area (TPSA) is 94.9 Å². The Kier molecular flexibility index (Phi) is 5.90. The van der Waals surface area contributed by atoms with Gasteiger partial charge >= 0.3 is 0 Å². The maximum atomic E-state index is 13.3. The lowest BCUT2D eigenvalue weighted by molar-refractivity contribution is 0.0573. The SMILES string of the molecule is CCN1C(=O)c2c(O)c(=O)c(C(=O)NCc3ccc(F)cc3C)cn2N2CCCCC[C@@H]12. The van der Waals surface area contributed by atoms with Crippen molar-refractivity contribution in [1.29, 1.82) is 0 Å². The van der Waals surface area contributed by atoms with Crippen LogP contribution in [-0.2, 0) is 6.54 Å². The molecule has 0 radical (unpaired) electrons. The zero-order valence-electron chi connectivity index (χ0n) is 18.2. The third kappa shape index (κ3) is 3.72. The first-order valence-corrected chi connectivity index (χ1v) is 10.9.